The Bertz CT molecular complexity index is 676. The molecule has 2 atom stereocenters. The Balaban J connectivity index is 2.31. The predicted molar refractivity (Wildman–Crippen MR) is 86.7 cm³/mol. The van der Waals surface area contributed by atoms with Gasteiger partial charge in [0.25, 0.3) is 5.91 Å². The van der Waals surface area contributed by atoms with Gasteiger partial charge in [-0.05, 0) is 22.8 Å². The highest BCUT2D eigenvalue weighted by atomic mass is 16.5. The van der Waals surface area contributed by atoms with Crippen LogP contribution in [0.4, 0.5) is 0 Å². The summed E-state index contributed by atoms with van der Waals surface area (Å²) in [6, 6.07) is 12.6. The minimum atomic E-state index is -0.638. The van der Waals surface area contributed by atoms with E-state index in [0.29, 0.717) is 5.56 Å². The number of ether oxygens (including phenoxy) is 1. The van der Waals surface area contributed by atoms with Crippen LogP contribution in [0.1, 0.15) is 30.6 Å². The number of amides is 1. The highest BCUT2D eigenvalue weighted by Crippen LogP contribution is 2.19. The molecule has 116 valence electrons. The molecule has 0 saturated carbocycles. The fourth-order valence-corrected chi connectivity index (χ4v) is 2.44. The van der Waals surface area contributed by atoms with Gasteiger partial charge in [-0.25, -0.2) is 4.79 Å². The summed E-state index contributed by atoms with van der Waals surface area (Å²) in [5, 5.41) is 4.68. The first-order chi connectivity index (χ1) is 10.6. The van der Waals surface area contributed by atoms with Crippen LogP contribution in [-0.4, -0.2) is 25.0 Å². The predicted octanol–water partition coefficient (Wildman–Crippen LogP) is 3.16. The van der Waals surface area contributed by atoms with E-state index >= 15 is 0 Å². The van der Waals surface area contributed by atoms with Crippen LogP contribution in [0.25, 0.3) is 10.8 Å². The second-order valence-electron chi connectivity index (χ2n) is 5.39. The third-order valence-electron chi connectivity index (χ3n) is 3.99. The molecule has 0 unspecified atom stereocenters. The van der Waals surface area contributed by atoms with E-state index in [-0.39, 0.29) is 11.8 Å². The lowest BCUT2D eigenvalue weighted by molar-refractivity contribution is -0.144. The Morgan fingerprint density at radius 3 is 2.50 bits per heavy atom. The van der Waals surface area contributed by atoms with E-state index in [1.165, 1.54) is 7.11 Å². The summed E-state index contributed by atoms with van der Waals surface area (Å²) < 4.78 is 4.81. The molecular formula is C18H21NO3. The third kappa shape index (κ3) is 3.27. The molecule has 0 spiro atoms. The summed E-state index contributed by atoms with van der Waals surface area (Å²) in [6.07, 6.45) is 0.773. The topological polar surface area (TPSA) is 55.4 Å². The Morgan fingerprint density at radius 1 is 1.14 bits per heavy atom. The standard InChI is InChI=1S/C18H21NO3/c1-4-12(2)16(18(21)22-3)19-17(20)15-11-7-9-13-8-5-6-10-14(13)15/h5-12,16H,4H2,1-3H3,(H,19,20)/t12-,16+/m1/s1. The Labute approximate surface area is 130 Å². The van der Waals surface area contributed by atoms with Crippen LogP contribution in [0.5, 0.6) is 0 Å². The summed E-state index contributed by atoms with van der Waals surface area (Å²) >= 11 is 0. The molecule has 0 aliphatic rings. The van der Waals surface area contributed by atoms with E-state index in [1.54, 1.807) is 6.07 Å². The first-order valence-electron chi connectivity index (χ1n) is 7.45. The van der Waals surface area contributed by atoms with Crippen LogP contribution in [-0.2, 0) is 9.53 Å². The second kappa shape index (κ2) is 7.07. The van der Waals surface area contributed by atoms with Crippen molar-refractivity contribution in [3.05, 3.63) is 48.0 Å². The number of benzene rings is 2. The first kappa shape index (κ1) is 16.0. The molecule has 0 aliphatic carbocycles. The van der Waals surface area contributed by atoms with Gasteiger partial charge in [-0.2, -0.15) is 0 Å². The Morgan fingerprint density at radius 2 is 1.82 bits per heavy atom. The zero-order valence-electron chi connectivity index (χ0n) is 13.1. The van der Waals surface area contributed by atoms with Crippen LogP contribution >= 0.6 is 0 Å². The summed E-state index contributed by atoms with van der Waals surface area (Å²) in [6.45, 7) is 3.90. The molecule has 2 rings (SSSR count). The van der Waals surface area contributed by atoms with Crippen molar-refractivity contribution in [2.24, 2.45) is 5.92 Å². The molecule has 4 heteroatoms. The van der Waals surface area contributed by atoms with Crippen molar-refractivity contribution in [2.75, 3.05) is 7.11 Å². The van der Waals surface area contributed by atoms with Crippen molar-refractivity contribution in [2.45, 2.75) is 26.3 Å². The Kier molecular flexibility index (Phi) is 5.15. The highest BCUT2D eigenvalue weighted by Gasteiger charge is 2.27. The van der Waals surface area contributed by atoms with Gasteiger partial charge in [0.1, 0.15) is 6.04 Å². The zero-order valence-corrected chi connectivity index (χ0v) is 13.1. The van der Waals surface area contributed by atoms with Crippen molar-refractivity contribution in [3.63, 3.8) is 0 Å². The van der Waals surface area contributed by atoms with Gasteiger partial charge in [0.15, 0.2) is 0 Å². The lowest BCUT2D eigenvalue weighted by atomic mass is 9.98. The SMILES string of the molecule is CC[C@@H](C)[C@H](NC(=O)c1cccc2ccccc12)C(=O)OC. The number of esters is 1. The van der Waals surface area contributed by atoms with Crippen LogP contribution in [0.3, 0.4) is 0 Å². The molecule has 0 saturated heterocycles. The van der Waals surface area contributed by atoms with Crippen molar-refractivity contribution in [3.8, 4) is 0 Å². The minimum absolute atomic E-state index is 0.00590. The van der Waals surface area contributed by atoms with Crippen LogP contribution in [0.15, 0.2) is 42.5 Å². The minimum Gasteiger partial charge on any atom is -0.467 e. The average molecular weight is 299 g/mol. The lowest BCUT2D eigenvalue weighted by Crippen LogP contribution is -2.45. The number of carbonyl (C=O) groups is 2. The van der Waals surface area contributed by atoms with Gasteiger partial charge in [0.05, 0.1) is 7.11 Å². The number of hydrogen-bond donors (Lipinski definition) is 1. The van der Waals surface area contributed by atoms with Crippen molar-refractivity contribution < 1.29 is 14.3 Å². The average Bonchev–Trinajstić information content (AvgIpc) is 2.57. The molecule has 0 heterocycles. The zero-order chi connectivity index (χ0) is 16.1. The van der Waals surface area contributed by atoms with Crippen molar-refractivity contribution in [1.82, 2.24) is 5.32 Å². The van der Waals surface area contributed by atoms with Crippen molar-refractivity contribution >= 4 is 22.6 Å². The second-order valence-corrected chi connectivity index (χ2v) is 5.39. The molecular weight excluding hydrogens is 278 g/mol. The van der Waals surface area contributed by atoms with Crippen LogP contribution < -0.4 is 5.32 Å². The molecule has 1 amide bonds. The van der Waals surface area contributed by atoms with Gasteiger partial charge < -0.3 is 10.1 Å². The fourth-order valence-electron chi connectivity index (χ4n) is 2.44. The molecule has 0 aromatic heterocycles. The van der Waals surface area contributed by atoms with E-state index in [1.807, 2.05) is 50.2 Å². The van der Waals surface area contributed by atoms with Gasteiger partial charge >= 0.3 is 5.97 Å². The normalized spacial score (nSPS) is 13.4. The molecule has 1 N–H and O–H groups in total. The van der Waals surface area contributed by atoms with Gasteiger partial charge in [0, 0.05) is 5.56 Å². The molecule has 0 aliphatic heterocycles. The summed E-state index contributed by atoms with van der Waals surface area (Å²) in [4.78, 5) is 24.5. The lowest BCUT2D eigenvalue weighted by Gasteiger charge is -2.22. The maximum Gasteiger partial charge on any atom is 0.328 e. The van der Waals surface area contributed by atoms with E-state index in [2.05, 4.69) is 5.32 Å². The largest absolute Gasteiger partial charge is 0.467 e. The van der Waals surface area contributed by atoms with E-state index in [4.69, 9.17) is 4.74 Å². The van der Waals surface area contributed by atoms with Crippen molar-refractivity contribution in [1.29, 1.82) is 0 Å². The quantitative estimate of drug-likeness (QED) is 0.863. The van der Waals surface area contributed by atoms with Gasteiger partial charge in [-0.15, -0.1) is 0 Å². The molecule has 4 nitrogen and oxygen atoms in total. The number of hydrogen-bond acceptors (Lipinski definition) is 3. The van der Waals surface area contributed by atoms with E-state index < -0.39 is 12.0 Å². The van der Waals surface area contributed by atoms with E-state index in [9.17, 15) is 9.59 Å². The molecule has 2 aromatic carbocycles. The van der Waals surface area contributed by atoms with E-state index in [0.717, 1.165) is 17.2 Å². The summed E-state index contributed by atoms with van der Waals surface area (Å²) in [5.41, 5.74) is 0.565. The monoisotopic (exact) mass is 299 g/mol. The first-order valence-corrected chi connectivity index (χ1v) is 7.45. The number of rotatable bonds is 5. The Hall–Kier alpha value is -2.36. The maximum atomic E-state index is 12.6. The fraction of sp³-hybridized carbons (Fsp3) is 0.333. The van der Waals surface area contributed by atoms with Gasteiger partial charge in [-0.3, -0.25) is 4.79 Å². The summed E-state index contributed by atoms with van der Waals surface area (Å²) in [7, 11) is 1.34. The molecule has 22 heavy (non-hydrogen) atoms. The number of carbonyl (C=O) groups excluding carboxylic acids is 2. The molecule has 0 bridgehead atoms. The number of methoxy groups -OCH3 is 1. The number of nitrogens with one attached hydrogen (secondary N) is 1. The third-order valence-corrected chi connectivity index (χ3v) is 3.99. The number of fused-ring (bicyclic) bond motifs is 1. The van der Waals surface area contributed by atoms with Crippen LogP contribution in [0, 0.1) is 5.92 Å². The maximum absolute atomic E-state index is 12.6. The molecule has 2 aromatic rings. The molecule has 0 fully saturated rings. The van der Waals surface area contributed by atoms with Gasteiger partial charge in [-0.1, -0.05) is 56.7 Å². The highest BCUT2D eigenvalue weighted by molar-refractivity contribution is 6.07. The van der Waals surface area contributed by atoms with Gasteiger partial charge in [0.2, 0.25) is 0 Å². The smallest absolute Gasteiger partial charge is 0.328 e. The summed E-state index contributed by atoms with van der Waals surface area (Å²) in [5.74, 6) is -0.665. The van der Waals surface area contributed by atoms with Crippen LogP contribution in [0.2, 0.25) is 0 Å². The molecule has 0 radical (unpaired) electrons.